The second kappa shape index (κ2) is 10.9. The fraction of sp³-hybridized carbons (Fsp3) is 0.375. The quantitative estimate of drug-likeness (QED) is 0.286. The molecule has 42 heavy (non-hydrogen) atoms. The lowest BCUT2D eigenvalue weighted by atomic mass is 9.89. The summed E-state index contributed by atoms with van der Waals surface area (Å²) < 4.78 is 16.2. The summed E-state index contributed by atoms with van der Waals surface area (Å²) in [6, 6.07) is 12.3. The molecule has 216 valence electrons. The van der Waals surface area contributed by atoms with Gasteiger partial charge in [0.2, 0.25) is 5.95 Å². The first-order valence-electron chi connectivity index (χ1n) is 14.8. The molecular formula is C32H36FN9. The Hall–Kier alpha value is -4.15. The van der Waals surface area contributed by atoms with Crippen LogP contribution >= 0.6 is 0 Å². The minimum Gasteiger partial charge on any atom is -0.383 e. The van der Waals surface area contributed by atoms with Crippen LogP contribution < -0.4 is 11.1 Å². The highest BCUT2D eigenvalue weighted by molar-refractivity contribution is 6.00. The number of hydrogen-bond donors (Lipinski definition) is 2. The van der Waals surface area contributed by atoms with E-state index >= 15 is 0 Å². The van der Waals surface area contributed by atoms with Gasteiger partial charge < -0.3 is 20.5 Å². The van der Waals surface area contributed by atoms with Gasteiger partial charge in [-0.2, -0.15) is 0 Å². The number of piperazine rings is 1. The van der Waals surface area contributed by atoms with Gasteiger partial charge in [-0.1, -0.05) is 12.1 Å². The SMILES string of the molecule is Cc1c(F)ccc2nc(Nc3ccc(-c4cn([C@H]5CC[C@@H](N6CCN(C)CC6)CC5)c5ncnc(N)c45)cc3)ncc12. The van der Waals surface area contributed by atoms with E-state index in [1.807, 2.05) is 12.1 Å². The Morgan fingerprint density at radius 2 is 1.64 bits per heavy atom. The minimum atomic E-state index is -0.256. The van der Waals surface area contributed by atoms with E-state index < -0.39 is 0 Å². The van der Waals surface area contributed by atoms with Crippen molar-refractivity contribution in [1.29, 1.82) is 0 Å². The first kappa shape index (κ1) is 26.7. The topological polar surface area (TPSA) is 101 Å². The van der Waals surface area contributed by atoms with Crippen molar-refractivity contribution in [3.05, 3.63) is 66.5 Å². The largest absolute Gasteiger partial charge is 0.383 e. The van der Waals surface area contributed by atoms with E-state index in [2.05, 4.69) is 60.0 Å². The molecule has 3 aromatic heterocycles. The van der Waals surface area contributed by atoms with E-state index in [9.17, 15) is 4.39 Å². The van der Waals surface area contributed by atoms with Gasteiger partial charge in [-0.05, 0) is 75.0 Å². The van der Waals surface area contributed by atoms with Gasteiger partial charge >= 0.3 is 0 Å². The summed E-state index contributed by atoms with van der Waals surface area (Å²) in [6.45, 7) is 6.40. The third kappa shape index (κ3) is 4.94. The number of anilines is 3. The predicted molar refractivity (Wildman–Crippen MR) is 165 cm³/mol. The summed E-state index contributed by atoms with van der Waals surface area (Å²) in [5.74, 6) is 0.703. The summed E-state index contributed by atoms with van der Waals surface area (Å²) >= 11 is 0. The van der Waals surface area contributed by atoms with E-state index in [4.69, 9.17) is 10.7 Å². The molecule has 0 unspecified atom stereocenters. The zero-order chi connectivity index (χ0) is 28.8. The van der Waals surface area contributed by atoms with Gasteiger partial charge in [0, 0.05) is 67.3 Å². The summed E-state index contributed by atoms with van der Waals surface area (Å²) in [5, 5.41) is 4.88. The third-order valence-corrected chi connectivity index (χ3v) is 9.17. The standard InChI is InChI=1S/C32H36FN9/c1-20-25-17-35-32(39-28(25)12-11-27(20)33)38-22-5-3-21(4-6-22)26-18-42(31-29(26)30(34)36-19-37-31)24-9-7-23(8-10-24)41-15-13-40(2)14-16-41/h3-6,11-12,17-19,23-24H,7-10,13-16H2,1-2H3,(H2,34,36,37)(H,35,38,39)/t23-,24+. The number of aromatic nitrogens is 5. The molecule has 10 heteroatoms. The molecule has 0 spiro atoms. The van der Waals surface area contributed by atoms with Gasteiger partial charge in [0.15, 0.2) is 0 Å². The lowest BCUT2D eigenvalue weighted by Gasteiger charge is -2.41. The van der Waals surface area contributed by atoms with Gasteiger partial charge in [-0.25, -0.2) is 24.3 Å². The molecule has 2 aromatic carbocycles. The molecule has 4 heterocycles. The van der Waals surface area contributed by atoms with Crippen LogP contribution in [0.3, 0.4) is 0 Å². The Kier molecular flexibility index (Phi) is 6.95. The number of fused-ring (bicyclic) bond motifs is 2. The smallest absolute Gasteiger partial charge is 0.227 e. The number of nitrogens with two attached hydrogens (primary N) is 1. The van der Waals surface area contributed by atoms with E-state index in [-0.39, 0.29) is 5.82 Å². The molecule has 2 fully saturated rings. The Morgan fingerprint density at radius 3 is 2.40 bits per heavy atom. The maximum absolute atomic E-state index is 13.9. The highest BCUT2D eigenvalue weighted by Gasteiger charge is 2.30. The molecule has 1 aliphatic heterocycles. The maximum Gasteiger partial charge on any atom is 0.227 e. The summed E-state index contributed by atoms with van der Waals surface area (Å²) in [5.41, 5.74) is 11.5. The van der Waals surface area contributed by atoms with E-state index in [0.717, 1.165) is 53.8 Å². The van der Waals surface area contributed by atoms with Crippen LogP contribution in [-0.2, 0) is 0 Å². The molecule has 0 bridgehead atoms. The van der Waals surface area contributed by atoms with Crippen LogP contribution in [0.15, 0.2) is 55.1 Å². The normalized spacial score (nSPS) is 20.4. The number of rotatable bonds is 5. The highest BCUT2D eigenvalue weighted by atomic mass is 19.1. The van der Waals surface area contributed by atoms with E-state index in [0.29, 0.717) is 40.3 Å². The van der Waals surface area contributed by atoms with Crippen molar-refractivity contribution >= 4 is 39.4 Å². The molecule has 0 radical (unpaired) electrons. The molecule has 0 atom stereocenters. The van der Waals surface area contributed by atoms with Crippen molar-refractivity contribution < 1.29 is 4.39 Å². The van der Waals surface area contributed by atoms with Gasteiger partial charge in [-0.3, -0.25) is 4.90 Å². The van der Waals surface area contributed by atoms with Gasteiger partial charge in [-0.15, -0.1) is 0 Å². The Balaban J connectivity index is 1.12. The lowest BCUT2D eigenvalue weighted by Crippen LogP contribution is -2.49. The van der Waals surface area contributed by atoms with Crippen LogP contribution in [0.5, 0.6) is 0 Å². The summed E-state index contributed by atoms with van der Waals surface area (Å²) in [6.07, 6.45) is 10.1. The second-order valence-electron chi connectivity index (χ2n) is 11.7. The number of nitrogens with one attached hydrogen (secondary N) is 1. The number of hydrogen-bond acceptors (Lipinski definition) is 8. The number of nitrogen functional groups attached to an aromatic ring is 1. The van der Waals surface area contributed by atoms with Crippen LogP contribution in [0.2, 0.25) is 0 Å². The first-order valence-corrected chi connectivity index (χ1v) is 14.8. The number of halogens is 1. The zero-order valence-electron chi connectivity index (χ0n) is 24.1. The van der Waals surface area contributed by atoms with Crippen molar-refractivity contribution in [1.82, 2.24) is 34.3 Å². The van der Waals surface area contributed by atoms with Crippen molar-refractivity contribution in [2.45, 2.75) is 44.7 Å². The van der Waals surface area contributed by atoms with Crippen molar-refractivity contribution in [2.24, 2.45) is 0 Å². The molecule has 9 nitrogen and oxygen atoms in total. The number of aryl methyl sites for hydroxylation is 1. The molecule has 7 rings (SSSR count). The highest BCUT2D eigenvalue weighted by Crippen LogP contribution is 2.39. The average molecular weight is 566 g/mol. The number of nitrogens with zero attached hydrogens (tertiary/aromatic N) is 7. The Morgan fingerprint density at radius 1 is 0.905 bits per heavy atom. The van der Waals surface area contributed by atoms with Gasteiger partial charge in [0.25, 0.3) is 0 Å². The Bertz CT molecular complexity index is 1730. The van der Waals surface area contributed by atoms with Crippen LogP contribution in [-0.4, -0.2) is 73.6 Å². The van der Waals surface area contributed by atoms with Crippen molar-refractivity contribution in [3.8, 4) is 11.1 Å². The lowest BCUT2D eigenvalue weighted by molar-refractivity contribution is 0.0828. The van der Waals surface area contributed by atoms with Crippen LogP contribution in [0.25, 0.3) is 33.1 Å². The van der Waals surface area contributed by atoms with Crippen molar-refractivity contribution in [3.63, 3.8) is 0 Å². The molecule has 2 aliphatic rings. The molecular weight excluding hydrogens is 529 g/mol. The second-order valence-corrected chi connectivity index (χ2v) is 11.7. The van der Waals surface area contributed by atoms with E-state index in [1.165, 1.54) is 32.0 Å². The molecule has 1 aliphatic carbocycles. The molecule has 5 aromatic rings. The first-order chi connectivity index (χ1) is 20.4. The molecule has 1 saturated heterocycles. The van der Waals surface area contributed by atoms with Crippen LogP contribution in [0.1, 0.15) is 37.3 Å². The van der Waals surface area contributed by atoms with Crippen LogP contribution in [0, 0.1) is 12.7 Å². The fourth-order valence-corrected chi connectivity index (χ4v) is 6.63. The van der Waals surface area contributed by atoms with Gasteiger partial charge in [0.1, 0.15) is 23.6 Å². The van der Waals surface area contributed by atoms with Gasteiger partial charge in [0.05, 0.1) is 10.9 Å². The fourth-order valence-electron chi connectivity index (χ4n) is 6.63. The molecule has 1 saturated carbocycles. The number of benzene rings is 2. The molecule has 0 amide bonds. The minimum absolute atomic E-state index is 0.256. The predicted octanol–water partition coefficient (Wildman–Crippen LogP) is 5.55. The zero-order valence-corrected chi connectivity index (χ0v) is 24.1. The third-order valence-electron chi connectivity index (χ3n) is 9.17. The van der Waals surface area contributed by atoms with E-state index in [1.54, 1.807) is 25.5 Å². The molecule has 3 N–H and O–H groups in total. The Labute approximate surface area is 244 Å². The monoisotopic (exact) mass is 565 g/mol. The average Bonchev–Trinajstić information content (AvgIpc) is 3.41. The number of likely N-dealkylation sites (N-methyl/N-ethyl adjacent to an activating group) is 1. The maximum atomic E-state index is 13.9. The summed E-state index contributed by atoms with van der Waals surface area (Å²) in [7, 11) is 2.21. The van der Waals surface area contributed by atoms with Crippen molar-refractivity contribution in [2.75, 3.05) is 44.3 Å². The van der Waals surface area contributed by atoms with Crippen LogP contribution in [0.4, 0.5) is 21.8 Å². The summed E-state index contributed by atoms with van der Waals surface area (Å²) in [4.78, 5) is 23.1.